The van der Waals surface area contributed by atoms with E-state index in [9.17, 15) is 25.5 Å². The lowest BCUT2D eigenvalue weighted by Gasteiger charge is -2.46. The van der Waals surface area contributed by atoms with E-state index in [-0.39, 0.29) is 71.0 Å². The molecule has 0 amide bonds. The number of hydrogen-bond acceptors (Lipinski definition) is 20. The third kappa shape index (κ3) is 21.1. The summed E-state index contributed by atoms with van der Waals surface area (Å²) in [5, 5.41) is 56.5. The Morgan fingerprint density at radius 1 is 0.330 bits per heavy atom. The third-order valence-corrected chi connectivity index (χ3v) is 17.9. The van der Waals surface area contributed by atoms with Gasteiger partial charge in [-0.3, -0.25) is 24.5 Å². The van der Waals surface area contributed by atoms with Gasteiger partial charge in [-0.1, -0.05) is 69.0 Å². The molecule has 5 aromatic rings. The zero-order valence-electron chi connectivity index (χ0n) is 139. The molecule has 5 N–H and O–H groups in total. The molecule has 0 aliphatic carbocycles. The quantitative estimate of drug-likeness (QED) is 0.0491. The maximum absolute atomic E-state index is 11.4. The Morgan fingerprint density at radius 2 is 0.522 bits per heavy atom. The number of aryl methyl sites for hydroxylation is 5. The van der Waals surface area contributed by atoms with Gasteiger partial charge >= 0.3 is 0 Å². The van der Waals surface area contributed by atoms with Crippen LogP contribution in [-0.2, 0) is 31.9 Å². The number of ether oxygens (including phenoxy) is 10. The van der Waals surface area contributed by atoms with Crippen molar-refractivity contribution in [2.45, 2.75) is 225 Å². The Labute approximate surface area is 793 Å². The van der Waals surface area contributed by atoms with Gasteiger partial charge in [-0.2, -0.15) is 0 Å². The van der Waals surface area contributed by atoms with Gasteiger partial charge in [-0.25, -0.2) is 0 Å². The van der Waals surface area contributed by atoms with Crippen molar-refractivity contribution in [1.29, 1.82) is 0 Å². The average molecular weight is 1670 g/mol. The molecule has 15 rings (SSSR count). The van der Waals surface area contributed by atoms with Crippen molar-refractivity contribution in [2.75, 3.05) is 136 Å². The topological polar surface area (TPSA) is 210 Å². The molecule has 18 atom stereocenters. The highest BCUT2D eigenvalue weighted by molar-refractivity contribution is 5.54. The number of fused-ring (bicyclic) bond motifs is 15. The van der Waals surface area contributed by atoms with Gasteiger partial charge in [0, 0.05) is 182 Å². The van der Waals surface area contributed by atoms with Gasteiger partial charge < -0.3 is 72.9 Å². The molecule has 20 nitrogen and oxygen atoms in total. The zero-order valence-corrected chi connectivity index (χ0v) is 65.3. The zero-order chi connectivity index (χ0) is 149. The number of nitrogens with zero attached hydrogens (tertiary/aromatic N) is 5. The molecule has 640 valence electrons. The highest BCUT2D eigenvalue weighted by Crippen LogP contribution is 2.50. The fourth-order valence-electron chi connectivity index (χ4n) is 12.7. The van der Waals surface area contributed by atoms with Gasteiger partial charge in [-0.05, 0) is 271 Å². The Balaban J connectivity index is 0.000000219. The van der Waals surface area contributed by atoms with Gasteiger partial charge in [0.2, 0.25) is 0 Å². The second-order valence-electron chi connectivity index (χ2n) is 26.9. The van der Waals surface area contributed by atoms with Gasteiger partial charge in [0.15, 0.2) is 57.5 Å². The summed E-state index contributed by atoms with van der Waals surface area (Å²) in [4.78, 5) is 0.117. The van der Waals surface area contributed by atoms with E-state index >= 15 is 0 Å². The van der Waals surface area contributed by atoms with Crippen LogP contribution < -0.4 is 47.4 Å². The van der Waals surface area contributed by atoms with Crippen LogP contribution in [0, 0.1) is 59.0 Å². The van der Waals surface area contributed by atoms with Gasteiger partial charge in [0.05, 0.1) is 116 Å². The second kappa shape index (κ2) is 40.6. The lowest BCUT2D eigenvalue weighted by molar-refractivity contribution is -0.0192. The van der Waals surface area contributed by atoms with E-state index < -0.39 is 377 Å². The molecule has 5 aromatic carbocycles. The Kier molecular flexibility index (Phi) is 12.0. The molecule has 10 aliphatic rings. The second-order valence-corrected chi connectivity index (χ2v) is 26.9. The number of rotatable bonds is 20. The van der Waals surface area contributed by atoms with Crippen LogP contribution in [0.5, 0.6) is 57.5 Å². The van der Waals surface area contributed by atoms with E-state index in [1.807, 2.05) is 0 Å². The monoisotopic (exact) mass is 1670 g/mol. The number of benzene rings is 5. The normalized spacial score (nSPS) is 54.6. The molecule has 115 heavy (non-hydrogen) atoms. The van der Waals surface area contributed by atoms with Crippen molar-refractivity contribution in [3.05, 3.63) is 116 Å². The van der Waals surface area contributed by atoms with Crippen molar-refractivity contribution < 1.29 is 174 Å². The number of methoxy groups -OCH3 is 10. The van der Waals surface area contributed by atoms with Crippen LogP contribution in [0.2, 0.25) is 0 Å². The minimum atomic E-state index is -4.36. The number of hydrogen-bond donors (Lipinski definition) is 5. The summed E-state index contributed by atoms with van der Waals surface area (Å²) in [6, 6.07) is -1.74. The summed E-state index contributed by atoms with van der Waals surface area (Å²) in [6.07, 6.45) is -66.1. The van der Waals surface area contributed by atoms with Crippen LogP contribution in [0.25, 0.3) is 0 Å². The van der Waals surface area contributed by atoms with Gasteiger partial charge in [0.1, 0.15) is 0 Å². The van der Waals surface area contributed by atoms with Crippen LogP contribution in [0.4, 0.5) is 0 Å². The summed E-state index contributed by atoms with van der Waals surface area (Å²) in [7, 11) is 3.37. The lowest BCUT2D eigenvalue weighted by atomic mass is 9.79. The molecule has 18 unspecified atom stereocenters. The van der Waals surface area contributed by atoms with E-state index in [0.717, 1.165) is 62.8 Å². The van der Waals surface area contributed by atoms with Crippen molar-refractivity contribution >= 4 is 0 Å². The predicted molar refractivity (Wildman–Crippen MR) is 456 cm³/mol. The first-order valence-corrected chi connectivity index (χ1v) is 35.4. The van der Waals surface area contributed by atoms with Crippen LogP contribution >= 0.6 is 0 Å². The van der Waals surface area contributed by atoms with E-state index in [1.165, 1.54) is 48.7 Å². The van der Waals surface area contributed by atoms with Crippen molar-refractivity contribution in [2.24, 2.45) is 59.0 Å². The van der Waals surface area contributed by atoms with Gasteiger partial charge in [0.25, 0.3) is 0 Å². The van der Waals surface area contributed by atoms with E-state index in [1.54, 1.807) is 27.7 Å². The molecule has 0 aromatic heterocycles. The Morgan fingerprint density at radius 3 is 0.713 bits per heavy atom. The molecule has 10 aliphatic heterocycles. The fraction of sp³-hybridized carbons (Fsp3) is 0.684. The minimum Gasteiger partial charge on any atom is -0.493 e. The van der Waals surface area contributed by atoms with E-state index in [2.05, 4.69) is 0 Å². The summed E-state index contributed by atoms with van der Waals surface area (Å²) < 4.78 is 676. The molecule has 20 heteroatoms. The standard InChI is InChI=1S/5C19H29NO3/c5*1-12(2)7-14-11-20-6-5-13-8-18(22-3)19(23-4)9-15(13)16(20)10-17(14)21/h5*8-9,12,14,16-17,21H,5-7,10-11H2,1-4H3/i1D3,4D3,5D2,6D2,7D2,10D2,11D2,12D,14D,17D;2*1D3,5D2,6D2,7D2,10D2,11D2,12D,14D,17D;4D3,5D2,6D2,10D2,11D2,14D,17D;5D2,6D2,10D2,11D2,14D,17D. The first-order chi connectivity index (χ1) is 83.1. The van der Waals surface area contributed by atoms with Crippen molar-refractivity contribution in [3.8, 4) is 57.5 Å². The van der Waals surface area contributed by atoms with Gasteiger partial charge in [-0.15, -0.1) is 0 Å². The number of aliphatic hydroxyl groups is 5. The fourth-order valence-corrected chi connectivity index (χ4v) is 12.7. The van der Waals surface area contributed by atoms with E-state index in [4.69, 9.17) is 149 Å². The number of piperidine rings is 5. The average Bonchev–Trinajstić information content (AvgIpc) is 0.636. The highest BCUT2D eigenvalue weighted by atomic mass is 16.5. The third-order valence-electron chi connectivity index (χ3n) is 17.9. The maximum Gasteiger partial charge on any atom is 0.161 e. The molecule has 10 heterocycles. The largest absolute Gasteiger partial charge is 0.493 e. The van der Waals surface area contributed by atoms with Crippen LogP contribution in [0.15, 0.2) is 60.7 Å². The predicted octanol–water partition coefficient (Wildman–Crippen LogP) is 15.1. The van der Waals surface area contributed by atoms with Crippen molar-refractivity contribution in [1.82, 2.24) is 24.5 Å². The summed E-state index contributed by atoms with van der Waals surface area (Å²) in [5.74, 6) is -32.3. The highest BCUT2D eigenvalue weighted by Gasteiger charge is 2.45. The SMILES string of the molecule is [2H]C([2H])([2H])C([2H])(C)C([2H])([2H])C1([2H])C([2H])([2H])N2C(c3cc(OC)c(OC)cc3C([2H])([2H])C2([2H])[2H])C([2H])([2H])C1([2H])O.[2H]C([2H])([2H])C([2H])(C)C([2H])([2H])C1([2H])C([2H])([2H])N2C(c3cc(OC)c(OC)cc3C([2H])([2H])C2([2H])[2H])C([2H])([2H])C1([2H])O.[2H]C([2H])([2H])Oc1cc2c(cc1OC)C([2H])([2H])C([2H])([2H])N1C2C([2H])([2H])C([2H])(O)C([2H])(C([2H])([2H])C([2H])(C)C([2H])([2H])[2H])C1([2H])[2H].[2H]C([2H])([2H])Oc1cc2c(cc1OC)C([2H])([2H])C([2H])([2H])N1C2C([2H])([2H])C([2H])(O)C([2H])(CC(C)C)C1([2H])[2H].[2H]C1([2H])c2cc(OC)c(OC)cc2C2N(C1([2H])[2H])C([2H])([2H])C([2H])(CC(C)C)C([2H])(O)C2([2H])[2H]. The van der Waals surface area contributed by atoms with Crippen LogP contribution in [0.3, 0.4) is 0 Å². The molecule has 5 fully saturated rings. The van der Waals surface area contributed by atoms with E-state index in [0.29, 0.717) is 31.7 Å². The molecular formula is C95H145N5O15. The summed E-state index contributed by atoms with van der Waals surface area (Å²) in [6.45, 7) is -39.1. The molecule has 0 bridgehead atoms. The minimum absolute atomic E-state index is 0.0551. The summed E-state index contributed by atoms with van der Waals surface area (Å²) in [5.41, 5.74) is -4.98. The Hall–Kier alpha value is -6.30. The molecule has 0 spiro atoms. The smallest absolute Gasteiger partial charge is 0.161 e. The molecular weight excluding hydrogens is 1450 g/mol. The molecule has 0 saturated carbocycles. The summed E-state index contributed by atoms with van der Waals surface area (Å²) >= 11 is 0. The Bertz CT molecular complexity index is 7400. The maximum atomic E-state index is 11.4. The first kappa shape index (κ1) is 34.0. The lowest BCUT2D eigenvalue weighted by Crippen LogP contribution is -2.48. The first-order valence-electron chi connectivity index (χ1n) is 72.4. The van der Waals surface area contributed by atoms with Crippen LogP contribution in [-0.4, -0.2) is 216 Å². The van der Waals surface area contributed by atoms with Crippen LogP contribution in [0.1, 0.15) is 320 Å². The van der Waals surface area contributed by atoms with Crippen molar-refractivity contribution in [3.63, 3.8) is 0 Å². The molecule has 5 saturated heterocycles. The molecule has 0 radical (unpaired) electrons.